The molecule has 0 aliphatic rings. The SMILES string of the molecule is O=C(CCl)c1cc(Br)cc(F)c1I. The Morgan fingerprint density at radius 1 is 1.62 bits per heavy atom. The van der Waals surface area contributed by atoms with E-state index < -0.39 is 5.82 Å². The van der Waals surface area contributed by atoms with Gasteiger partial charge in [0.2, 0.25) is 0 Å². The van der Waals surface area contributed by atoms with Crippen molar-refractivity contribution in [1.29, 1.82) is 0 Å². The molecular formula is C8H4BrClFIO. The maximum Gasteiger partial charge on any atom is 0.178 e. The standard InChI is InChI=1S/C8H4BrClFIO/c9-4-1-5(7(13)3-10)8(12)6(11)2-4/h1-2H,3H2. The van der Waals surface area contributed by atoms with Crippen LogP contribution in [0, 0.1) is 9.39 Å². The number of carbonyl (C=O) groups excluding carboxylic acids is 1. The van der Waals surface area contributed by atoms with E-state index in [1.165, 1.54) is 6.07 Å². The fourth-order valence-electron chi connectivity index (χ4n) is 0.831. The van der Waals surface area contributed by atoms with Crippen molar-refractivity contribution >= 4 is 55.9 Å². The average molecular weight is 377 g/mol. The molecule has 0 spiro atoms. The van der Waals surface area contributed by atoms with E-state index in [4.69, 9.17) is 11.6 Å². The lowest BCUT2D eigenvalue weighted by Gasteiger charge is -2.03. The highest BCUT2D eigenvalue weighted by Crippen LogP contribution is 2.22. The van der Waals surface area contributed by atoms with E-state index in [-0.39, 0.29) is 11.7 Å². The van der Waals surface area contributed by atoms with Gasteiger partial charge in [-0.25, -0.2) is 4.39 Å². The zero-order chi connectivity index (χ0) is 10.0. The third-order valence-electron chi connectivity index (χ3n) is 1.41. The summed E-state index contributed by atoms with van der Waals surface area (Å²) in [5.74, 6) is -0.818. The van der Waals surface area contributed by atoms with Gasteiger partial charge in [0.1, 0.15) is 5.82 Å². The Bertz CT molecular complexity index is 356. The number of alkyl halides is 1. The van der Waals surface area contributed by atoms with E-state index in [1.54, 1.807) is 28.7 Å². The van der Waals surface area contributed by atoms with Gasteiger partial charge in [-0.1, -0.05) is 15.9 Å². The highest BCUT2D eigenvalue weighted by Gasteiger charge is 2.13. The number of benzene rings is 1. The maximum atomic E-state index is 13.1. The highest BCUT2D eigenvalue weighted by molar-refractivity contribution is 14.1. The predicted molar refractivity (Wildman–Crippen MR) is 61.9 cm³/mol. The van der Waals surface area contributed by atoms with Crippen molar-refractivity contribution in [1.82, 2.24) is 0 Å². The average Bonchev–Trinajstić information content (AvgIpc) is 2.10. The van der Waals surface area contributed by atoms with Crippen molar-refractivity contribution in [3.63, 3.8) is 0 Å². The minimum Gasteiger partial charge on any atom is -0.293 e. The van der Waals surface area contributed by atoms with Gasteiger partial charge in [0.25, 0.3) is 0 Å². The molecule has 0 radical (unpaired) electrons. The molecular weight excluding hydrogens is 373 g/mol. The summed E-state index contributed by atoms with van der Waals surface area (Å²) < 4.78 is 14.0. The zero-order valence-electron chi connectivity index (χ0n) is 6.28. The molecule has 1 aromatic rings. The second kappa shape index (κ2) is 4.70. The van der Waals surface area contributed by atoms with Crippen LogP contribution >= 0.6 is 50.1 Å². The fourth-order valence-corrected chi connectivity index (χ4v) is 2.02. The number of hydrogen-bond acceptors (Lipinski definition) is 1. The van der Waals surface area contributed by atoms with E-state index in [0.29, 0.717) is 13.6 Å². The van der Waals surface area contributed by atoms with Gasteiger partial charge in [0.05, 0.1) is 9.45 Å². The molecule has 0 aromatic heterocycles. The van der Waals surface area contributed by atoms with Crippen molar-refractivity contribution in [3.05, 3.63) is 31.6 Å². The molecule has 0 N–H and O–H groups in total. The van der Waals surface area contributed by atoms with Gasteiger partial charge in [0.15, 0.2) is 5.78 Å². The summed E-state index contributed by atoms with van der Waals surface area (Å²) in [4.78, 5) is 11.2. The van der Waals surface area contributed by atoms with Crippen molar-refractivity contribution in [2.24, 2.45) is 0 Å². The molecule has 1 rings (SSSR count). The summed E-state index contributed by atoms with van der Waals surface area (Å²) in [7, 11) is 0. The van der Waals surface area contributed by atoms with Crippen LogP contribution in [-0.4, -0.2) is 11.7 Å². The van der Waals surface area contributed by atoms with Crippen LogP contribution in [0.2, 0.25) is 0 Å². The van der Waals surface area contributed by atoms with Crippen LogP contribution in [0.5, 0.6) is 0 Å². The summed E-state index contributed by atoms with van der Waals surface area (Å²) in [5.41, 5.74) is 0.322. The number of Topliss-reactive ketones (excluding diaryl/α,β-unsaturated/α-hetero) is 1. The third kappa shape index (κ3) is 2.63. The van der Waals surface area contributed by atoms with Crippen molar-refractivity contribution < 1.29 is 9.18 Å². The van der Waals surface area contributed by atoms with E-state index in [2.05, 4.69) is 15.9 Å². The van der Waals surface area contributed by atoms with E-state index in [1.807, 2.05) is 0 Å². The van der Waals surface area contributed by atoms with Gasteiger partial charge >= 0.3 is 0 Å². The molecule has 0 aliphatic carbocycles. The Labute approximate surface area is 102 Å². The zero-order valence-corrected chi connectivity index (χ0v) is 10.8. The first-order valence-electron chi connectivity index (χ1n) is 3.30. The van der Waals surface area contributed by atoms with Gasteiger partial charge < -0.3 is 0 Å². The third-order valence-corrected chi connectivity index (χ3v) is 3.21. The normalized spacial score (nSPS) is 10.2. The summed E-state index contributed by atoms with van der Waals surface area (Å²) in [5, 5.41) is 0. The molecule has 0 aliphatic heterocycles. The molecule has 1 nitrogen and oxygen atoms in total. The van der Waals surface area contributed by atoms with Crippen molar-refractivity contribution in [3.8, 4) is 0 Å². The molecule has 0 saturated carbocycles. The minimum atomic E-state index is -0.413. The monoisotopic (exact) mass is 376 g/mol. The molecule has 5 heteroatoms. The second-order valence-electron chi connectivity index (χ2n) is 2.31. The van der Waals surface area contributed by atoms with Crippen LogP contribution in [0.15, 0.2) is 16.6 Å². The van der Waals surface area contributed by atoms with Gasteiger partial charge in [-0.3, -0.25) is 4.79 Å². The fraction of sp³-hybridized carbons (Fsp3) is 0.125. The Morgan fingerprint density at radius 3 is 2.77 bits per heavy atom. The molecule has 0 bridgehead atoms. The van der Waals surface area contributed by atoms with Crippen LogP contribution in [0.1, 0.15) is 10.4 Å². The molecule has 0 saturated heterocycles. The van der Waals surface area contributed by atoms with Gasteiger partial charge in [0, 0.05) is 10.0 Å². The Balaban J connectivity index is 3.28. The highest BCUT2D eigenvalue weighted by atomic mass is 127. The van der Waals surface area contributed by atoms with Crippen LogP contribution in [0.25, 0.3) is 0 Å². The molecule has 13 heavy (non-hydrogen) atoms. The van der Waals surface area contributed by atoms with Crippen molar-refractivity contribution in [2.75, 3.05) is 5.88 Å². The number of halogens is 4. The molecule has 70 valence electrons. The Kier molecular flexibility index (Phi) is 4.12. The minimum absolute atomic E-state index is 0.133. The maximum absolute atomic E-state index is 13.1. The lowest BCUT2D eigenvalue weighted by molar-refractivity contribution is 0.101. The first-order valence-corrected chi connectivity index (χ1v) is 5.70. The van der Waals surface area contributed by atoms with Gasteiger partial charge in [-0.15, -0.1) is 11.6 Å². The largest absolute Gasteiger partial charge is 0.293 e. The number of rotatable bonds is 2. The summed E-state index contributed by atoms with van der Waals surface area (Å²) >= 11 is 10.3. The first-order chi connectivity index (χ1) is 6.06. The Hall–Kier alpha value is 0.320. The quantitative estimate of drug-likeness (QED) is 0.333. The number of carbonyl (C=O) groups is 1. The molecule has 0 fully saturated rings. The van der Waals surface area contributed by atoms with Crippen LogP contribution in [0.4, 0.5) is 4.39 Å². The Morgan fingerprint density at radius 2 is 2.23 bits per heavy atom. The summed E-state index contributed by atoms with van der Waals surface area (Å²) in [6.07, 6.45) is 0. The lowest BCUT2D eigenvalue weighted by atomic mass is 10.1. The summed E-state index contributed by atoms with van der Waals surface area (Å²) in [6, 6.07) is 2.88. The van der Waals surface area contributed by atoms with E-state index in [0.717, 1.165) is 0 Å². The van der Waals surface area contributed by atoms with Crippen molar-refractivity contribution in [2.45, 2.75) is 0 Å². The first kappa shape index (κ1) is 11.4. The van der Waals surface area contributed by atoms with Crippen LogP contribution in [-0.2, 0) is 0 Å². The molecule has 1 aromatic carbocycles. The smallest absolute Gasteiger partial charge is 0.178 e. The van der Waals surface area contributed by atoms with E-state index in [9.17, 15) is 9.18 Å². The molecule has 0 amide bonds. The molecule has 0 unspecified atom stereocenters. The van der Waals surface area contributed by atoms with Gasteiger partial charge in [-0.05, 0) is 34.7 Å². The lowest BCUT2D eigenvalue weighted by Crippen LogP contribution is -2.04. The van der Waals surface area contributed by atoms with Crippen LogP contribution < -0.4 is 0 Å². The topological polar surface area (TPSA) is 17.1 Å². The van der Waals surface area contributed by atoms with E-state index >= 15 is 0 Å². The predicted octanol–water partition coefficient (Wildman–Crippen LogP) is 3.61. The van der Waals surface area contributed by atoms with Gasteiger partial charge in [-0.2, -0.15) is 0 Å². The number of hydrogen-bond donors (Lipinski definition) is 0. The second-order valence-corrected chi connectivity index (χ2v) is 4.57. The molecule has 0 atom stereocenters. The summed E-state index contributed by atoms with van der Waals surface area (Å²) in [6.45, 7) is 0. The van der Waals surface area contributed by atoms with Crippen LogP contribution in [0.3, 0.4) is 0 Å². The molecule has 0 heterocycles. The number of ketones is 1.